The molecule has 2 aromatic rings. The van der Waals surface area contributed by atoms with Crippen molar-refractivity contribution in [1.29, 1.82) is 0 Å². The summed E-state index contributed by atoms with van der Waals surface area (Å²) in [6.07, 6.45) is 0.103. The number of nitrogens with zero attached hydrogens (tertiary/aromatic N) is 1. The van der Waals surface area contributed by atoms with E-state index in [0.717, 1.165) is 41.0 Å². The lowest BCUT2D eigenvalue weighted by atomic mass is 9.64. The number of carbonyl (C=O) groups is 1. The molecule has 190 valence electrons. The Morgan fingerprint density at radius 1 is 1.03 bits per heavy atom. The summed E-state index contributed by atoms with van der Waals surface area (Å²) < 4.78 is 61.6. The third-order valence-electron chi connectivity index (χ3n) is 6.86. The van der Waals surface area contributed by atoms with Crippen LogP contribution in [0.25, 0.3) is 0 Å². The Morgan fingerprint density at radius 3 is 2.23 bits per heavy atom. The van der Waals surface area contributed by atoms with E-state index in [-0.39, 0.29) is 11.3 Å². The van der Waals surface area contributed by atoms with Gasteiger partial charge in [-0.1, -0.05) is 0 Å². The zero-order valence-electron chi connectivity index (χ0n) is 19.4. The second-order valence-electron chi connectivity index (χ2n) is 9.10. The minimum absolute atomic E-state index is 0.0302. The van der Waals surface area contributed by atoms with Crippen LogP contribution in [0.3, 0.4) is 0 Å². The molecule has 1 amide bonds. The third-order valence-corrected chi connectivity index (χ3v) is 8.20. The van der Waals surface area contributed by atoms with Gasteiger partial charge in [0.05, 0.1) is 16.8 Å². The SMILES string of the molecule is CSc1ccc(N(C)SONc2cc(C(F)(F)F)ccc2C(=O)NC23CCC(F)(CC2)CC3)cc1. The van der Waals surface area contributed by atoms with Crippen LogP contribution >= 0.6 is 24.0 Å². The van der Waals surface area contributed by atoms with Crippen LogP contribution in [-0.4, -0.2) is 30.4 Å². The number of benzene rings is 2. The molecule has 0 aromatic heterocycles. The van der Waals surface area contributed by atoms with Crippen molar-refractivity contribution >= 4 is 41.3 Å². The summed E-state index contributed by atoms with van der Waals surface area (Å²) in [4.78, 5) is 14.2. The molecule has 11 heteroatoms. The van der Waals surface area contributed by atoms with Crippen molar-refractivity contribution < 1.29 is 26.6 Å². The zero-order valence-corrected chi connectivity index (χ0v) is 21.0. The molecule has 0 saturated heterocycles. The lowest BCUT2D eigenvalue weighted by molar-refractivity contribution is -0.137. The third kappa shape index (κ3) is 6.00. The maximum Gasteiger partial charge on any atom is 0.416 e. The van der Waals surface area contributed by atoms with Gasteiger partial charge in [0.1, 0.15) is 17.9 Å². The van der Waals surface area contributed by atoms with Crippen LogP contribution in [0.5, 0.6) is 0 Å². The fraction of sp³-hybridized carbons (Fsp3) is 0.458. The number of halogens is 4. The van der Waals surface area contributed by atoms with Crippen molar-refractivity contribution in [2.45, 2.75) is 60.8 Å². The molecule has 0 radical (unpaired) electrons. The van der Waals surface area contributed by atoms with Crippen LogP contribution in [0.4, 0.5) is 28.9 Å². The van der Waals surface area contributed by atoms with Gasteiger partial charge in [-0.15, -0.1) is 11.8 Å². The molecule has 3 aliphatic carbocycles. The molecule has 0 unspecified atom stereocenters. The molecule has 0 heterocycles. The molecule has 0 atom stereocenters. The normalized spacial score (nSPS) is 23.7. The van der Waals surface area contributed by atoms with Gasteiger partial charge in [0.15, 0.2) is 0 Å². The molecule has 0 aliphatic heterocycles. The fourth-order valence-electron chi connectivity index (χ4n) is 4.59. The van der Waals surface area contributed by atoms with Gasteiger partial charge in [-0.25, -0.2) is 4.39 Å². The van der Waals surface area contributed by atoms with Crippen molar-refractivity contribution in [3.8, 4) is 0 Å². The molecule has 2 N–H and O–H groups in total. The molecule has 3 saturated carbocycles. The highest BCUT2D eigenvalue weighted by atomic mass is 32.2. The summed E-state index contributed by atoms with van der Waals surface area (Å²) in [5, 5.41) is 2.99. The van der Waals surface area contributed by atoms with Gasteiger partial charge in [-0.3, -0.25) is 14.6 Å². The van der Waals surface area contributed by atoms with Gasteiger partial charge in [0.2, 0.25) is 0 Å². The molecular weight excluding hydrogens is 502 g/mol. The van der Waals surface area contributed by atoms with E-state index in [4.69, 9.17) is 4.28 Å². The first-order chi connectivity index (χ1) is 16.5. The quantitative estimate of drug-likeness (QED) is 0.126. The van der Waals surface area contributed by atoms with E-state index in [1.165, 1.54) is 0 Å². The standard InChI is InChI=1S/C24H27F4N3O2S2/c1-31(17-4-6-18(34-2)7-5-17)35-33-30-20-15-16(24(26,27)28)3-8-19(20)21(32)29-23-12-9-22(25,10-13-23)11-14-23/h3-8,15,30H,9-14H2,1-2H3,(H,29,32). The Hall–Kier alpha value is -2.11. The van der Waals surface area contributed by atoms with Gasteiger partial charge in [-0.05, 0) is 87.2 Å². The topological polar surface area (TPSA) is 53.6 Å². The number of thioether (sulfide) groups is 1. The smallest absolute Gasteiger partial charge is 0.347 e. The predicted octanol–water partition coefficient (Wildman–Crippen LogP) is 7.02. The number of fused-ring (bicyclic) bond motifs is 3. The highest BCUT2D eigenvalue weighted by Gasteiger charge is 2.49. The Kier molecular flexibility index (Phi) is 7.49. The Balaban J connectivity index is 1.47. The minimum Gasteiger partial charge on any atom is -0.347 e. The average molecular weight is 530 g/mol. The van der Waals surface area contributed by atoms with Crippen molar-refractivity contribution in [2.24, 2.45) is 0 Å². The Morgan fingerprint density at radius 2 is 1.66 bits per heavy atom. The summed E-state index contributed by atoms with van der Waals surface area (Å²) in [5.74, 6) is -0.510. The average Bonchev–Trinajstić information content (AvgIpc) is 2.84. The highest BCUT2D eigenvalue weighted by molar-refractivity contribution is 7.98. The van der Waals surface area contributed by atoms with Crippen LogP contribution < -0.4 is 15.1 Å². The lowest BCUT2D eigenvalue weighted by Crippen LogP contribution is -2.57. The summed E-state index contributed by atoms with van der Waals surface area (Å²) >= 11 is 2.49. The first-order valence-corrected chi connectivity index (χ1v) is 13.2. The van der Waals surface area contributed by atoms with Crippen molar-refractivity contribution in [2.75, 3.05) is 23.1 Å². The first kappa shape index (κ1) is 26.0. The summed E-state index contributed by atoms with van der Waals surface area (Å²) in [6, 6.07) is 10.6. The van der Waals surface area contributed by atoms with Gasteiger partial charge in [0.25, 0.3) is 5.91 Å². The molecule has 0 spiro atoms. The van der Waals surface area contributed by atoms with E-state index in [9.17, 15) is 22.4 Å². The van der Waals surface area contributed by atoms with Crippen molar-refractivity contribution in [1.82, 2.24) is 5.32 Å². The lowest BCUT2D eigenvalue weighted by Gasteiger charge is -2.50. The van der Waals surface area contributed by atoms with Crippen LogP contribution in [0.15, 0.2) is 47.4 Å². The van der Waals surface area contributed by atoms with Gasteiger partial charge >= 0.3 is 6.18 Å². The highest BCUT2D eigenvalue weighted by Crippen LogP contribution is 2.49. The summed E-state index contributed by atoms with van der Waals surface area (Å²) in [6.45, 7) is 0. The Bertz CT molecular complexity index is 1040. The summed E-state index contributed by atoms with van der Waals surface area (Å²) in [7, 11) is 1.75. The minimum atomic E-state index is -4.58. The van der Waals surface area contributed by atoms with E-state index < -0.39 is 28.9 Å². The number of hydrogen-bond donors (Lipinski definition) is 2. The second kappa shape index (κ2) is 10.1. The van der Waals surface area contributed by atoms with Crippen LogP contribution in [0.1, 0.15) is 54.4 Å². The maximum absolute atomic E-state index is 14.5. The second-order valence-corrected chi connectivity index (χ2v) is 10.8. The number of alkyl halides is 4. The number of rotatable bonds is 8. The number of hydrogen-bond acceptors (Lipinski definition) is 6. The number of carbonyl (C=O) groups excluding carboxylic acids is 1. The summed E-state index contributed by atoms with van der Waals surface area (Å²) in [5.41, 5.74) is 0.692. The number of anilines is 2. The molecule has 3 fully saturated rings. The first-order valence-electron chi connectivity index (χ1n) is 11.2. The van der Waals surface area contributed by atoms with Gasteiger partial charge < -0.3 is 5.32 Å². The van der Waals surface area contributed by atoms with E-state index >= 15 is 0 Å². The van der Waals surface area contributed by atoms with E-state index in [2.05, 4.69) is 10.8 Å². The van der Waals surface area contributed by atoms with Crippen LogP contribution in [0.2, 0.25) is 0 Å². The molecule has 5 nitrogen and oxygen atoms in total. The molecule has 2 bridgehead atoms. The number of nitrogens with one attached hydrogen (secondary N) is 2. The van der Waals surface area contributed by atoms with Crippen molar-refractivity contribution in [3.05, 3.63) is 53.6 Å². The number of amides is 1. The van der Waals surface area contributed by atoms with Crippen LogP contribution in [0, 0.1) is 0 Å². The predicted molar refractivity (Wildman–Crippen MR) is 132 cm³/mol. The molecular formula is C24H27F4N3O2S2. The fourth-order valence-corrected chi connectivity index (χ4v) is 5.45. The molecule has 3 aliphatic rings. The van der Waals surface area contributed by atoms with Crippen molar-refractivity contribution in [3.63, 3.8) is 0 Å². The Labute approximate surface area is 210 Å². The molecule has 2 aromatic carbocycles. The van der Waals surface area contributed by atoms with Gasteiger partial charge in [-0.2, -0.15) is 17.5 Å². The molecule has 5 rings (SSSR count). The molecule has 35 heavy (non-hydrogen) atoms. The van der Waals surface area contributed by atoms with E-state index in [1.807, 2.05) is 30.5 Å². The largest absolute Gasteiger partial charge is 0.416 e. The zero-order chi connectivity index (χ0) is 25.3. The van der Waals surface area contributed by atoms with E-state index in [1.54, 1.807) is 23.1 Å². The van der Waals surface area contributed by atoms with Gasteiger partial charge in [0, 0.05) is 23.2 Å². The van der Waals surface area contributed by atoms with E-state index in [0.29, 0.717) is 38.5 Å². The maximum atomic E-state index is 14.5. The van der Waals surface area contributed by atoms with Crippen LogP contribution in [-0.2, 0) is 10.5 Å². The monoisotopic (exact) mass is 529 g/mol.